The second-order valence-corrected chi connectivity index (χ2v) is 2.78. The van der Waals surface area contributed by atoms with Gasteiger partial charge in [0.15, 0.2) is 0 Å². The number of carbonyl (C=O) groups excluding carboxylic acids is 1. The fourth-order valence-corrected chi connectivity index (χ4v) is 1.10. The largest absolute Gasteiger partial charge is 0.326 e. The summed E-state index contributed by atoms with van der Waals surface area (Å²) < 4.78 is 0. The van der Waals surface area contributed by atoms with Crippen LogP contribution in [-0.2, 0) is 10.7 Å². The molecule has 1 rings (SSSR count). The van der Waals surface area contributed by atoms with Gasteiger partial charge in [-0.2, -0.15) is 0 Å². The van der Waals surface area contributed by atoms with Gasteiger partial charge in [-0.05, 0) is 17.7 Å². The van der Waals surface area contributed by atoms with Gasteiger partial charge in [0.25, 0.3) is 0 Å². The molecular weight excluding hydrogens is 198 g/mol. The van der Waals surface area contributed by atoms with Gasteiger partial charge in [-0.3, -0.25) is 4.79 Å². The lowest BCUT2D eigenvalue weighted by molar-refractivity contribution is -0.114. The van der Waals surface area contributed by atoms with Crippen molar-refractivity contribution in [2.75, 3.05) is 5.32 Å². The fraction of sp³-hybridized carbons (Fsp3) is 0.364. The van der Waals surface area contributed by atoms with Crippen LogP contribution in [-0.4, -0.2) is 5.91 Å². The maximum atomic E-state index is 10.7. The summed E-state index contributed by atoms with van der Waals surface area (Å²) in [5, 5.41) is 2.68. The third-order valence-electron chi connectivity index (χ3n) is 1.40. The number of rotatable bonds is 2. The molecule has 14 heavy (non-hydrogen) atoms. The third kappa shape index (κ3) is 4.87. The Kier molecular flexibility index (Phi) is 6.85. The van der Waals surface area contributed by atoms with Crippen LogP contribution in [0.3, 0.4) is 0 Å². The molecule has 1 aromatic carbocycles. The molecule has 2 nitrogen and oxygen atoms in total. The lowest BCUT2D eigenvalue weighted by Crippen LogP contribution is -2.05. The minimum Gasteiger partial charge on any atom is -0.326 e. The molecule has 0 saturated heterocycles. The molecule has 3 heteroatoms. The molecule has 0 bridgehead atoms. The lowest BCUT2D eigenvalue weighted by atomic mass is 10.2. The number of nitrogens with one attached hydrogen (secondary N) is 1. The SMILES string of the molecule is CC.CC(=O)Nc1cccc(CCl)c1. The molecule has 1 N–H and O–H groups in total. The van der Waals surface area contributed by atoms with Crippen LogP contribution >= 0.6 is 11.6 Å². The van der Waals surface area contributed by atoms with E-state index < -0.39 is 0 Å². The zero-order chi connectivity index (χ0) is 11.0. The van der Waals surface area contributed by atoms with Crippen LogP contribution in [0.2, 0.25) is 0 Å². The summed E-state index contributed by atoms with van der Waals surface area (Å²) in [7, 11) is 0. The number of hydrogen-bond donors (Lipinski definition) is 1. The second kappa shape index (κ2) is 7.39. The van der Waals surface area contributed by atoms with Crippen molar-refractivity contribution in [3.05, 3.63) is 29.8 Å². The summed E-state index contributed by atoms with van der Waals surface area (Å²) in [4.78, 5) is 10.7. The summed E-state index contributed by atoms with van der Waals surface area (Å²) in [6.45, 7) is 5.48. The third-order valence-corrected chi connectivity index (χ3v) is 1.71. The fourth-order valence-electron chi connectivity index (χ4n) is 0.935. The first-order valence-electron chi connectivity index (χ1n) is 4.65. The molecule has 0 saturated carbocycles. The highest BCUT2D eigenvalue weighted by molar-refractivity contribution is 6.17. The van der Waals surface area contributed by atoms with Gasteiger partial charge in [-0.15, -0.1) is 11.6 Å². The van der Waals surface area contributed by atoms with Crippen LogP contribution in [0.4, 0.5) is 5.69 Å². The van der Waals surface area contributed by atoms with E-state index in [0.29, 0.717) is 5.88 Å². The molecule has 0 fully saturated rings. The predicted molar refractivity (Wildman–Crippen MR) is 61.7 cm³/mol. The van der Waals surface area contributed by atoms with Crippen molar-refractivity contribution in [3.8, 4) is 0 Å². The van der Waals surface area contributed by atoms with Crippen molar-refractivity contribution in [1.29, 1.82) is 0 Å². The van der Waals surface area contributed by atoms with Crippen molar-refractivity contribution in [2.45, 2.75) is 26.7 Å². The van der Waals surface area contributed by atoms with E-state index in [2.05, 4.69) is 5.32 Å². The zero-order valence-corrected chi connectivity index (χ0v) is 9.56. The molecule has 0 aliphatic rings. The zero-order valence-electron chi connectivity index (χ0n) is 8.80. The molecule has 0 aliphatic heterocycles. The molecular formula is C11H16ClNO. The minimum atomic E-state index is -0.0678. The Balaban J connectivity index is 0.000000791. The Morgan fingerprint density at radius 1 is 1.43 bits per heavy atom. The highest BCUT2D eigenvalue weighted by atomic mass is 35.5. The molecule has 0 heterocycles. The Bertz CT molecular complexity index is 286. The molecule has 0 radical (unpaired) electrons. The minimum absolute atomic E-state index is 0.0678. The predicted octanol–water partition coefficient (Wildman–Crippen LogP) is 3.41. The van der Waals surface area contributed by atoms with Crippen molar-refractivity contribution in [2.24, 2.45) is 0 Å². The van der Waals surface area contributed by atoms with Gasteiger partial charge in [0, 0.05) is 18.5 Å². The first-order valence-corrected chi connectivity index (χ1v) is 5.18. The molecule has 0 aliphatic carbocycles. The average molecular weight is 214 g/mol. The first-order chi connectivity index (χ1) is 6.72. The van der Waals surface area contributed by atoms with Crippen molar-refractivity contribution in [3.63, 3.8) is 0 Å². The van der Waals surface area contributed by atoms with E-state index in [1.807, 2.05) is 38.1 Å². The normalized spacial score (nSPS) is 8.57. The van der Waals surface area contributed by atoms with E-state index in [4.69, 9.17) is 11.6 Å². The Labute approximate surface area is 90.3 Å². The smallest absolute Gasteiger partial charge is 0.221 e. The van der Waals surface area contributed by atoms with E-state index in [1.165, 1.54) is 6.92 Å². The number of alkyl halides is 1. The van der Waals surface area contributed by atoms with Crippen molar-refractivity contribution in [1.82, 2.24) is 0 Å². The molecule has 1 aromatic rings. The molecule has 1 amide bonds. The molecule has 0 atom stereocenters. The van der Waals surface area contributed by atoms with Crippen LogP contribution in [0.5, 0.6) is 0 Å². The van der Waals surface area contributed by atoms with E-state index >= 15 is 0 Å². The Hall–Kier alpha value is -1.02. The number of hydrogen-bond acceptors (Lipinski definition) is 1. The van der Waals surface area contributed by atoms with E-state index in [0.717, 1.165) is 11.3 Å². The summed E-state index contributed by atoms with van der Waals surface area (Å²) >= 11 is 5.62. The van der Waals surface area contributed by atoms with Gasteiger partial charge in [0.2, 0.25) is 5.91 Å². The summed E-state index contributed by atoms with van der Waals surface area (Å²) in [5.74, 6) is 0.398. The second-order valence-electron chi connectivity index (χ2n) is 2.52. The summed E-state index contributed by atoms with van der Waals surface area (Å²) in [5.41, 5.74) is 1.79. The van der Waals surface area contributed by atoms with Gasteiger partial charge < -0.3 is 5.32 Å². The van der Waals surface area contributed by atoms with Gasteiger partial charge in [-0.1, -0.05) is 26.0 Å². The van der Waals surface area contributed by atoms with Crippen LogP contribution in [0.1, 0.15) is 26.3 Å². The summed E-state index contributed by atoms with van der Waals surface area (Å²) in [6.07, 6.45) is 0. The van der Waals surface area contributed by atoms with Crippen LogP contribution < -0.4 is 5.32 Å². The van der Waals surface area contributed by atoms with Crippen LogP contribution in [0.25, 0.3) is 0 Å². The number of anilines is 1. The maximum absolute atomic E-state index is 10.7. The van der Waals surface area contributed by atoms with Gasteiger partial charge in [-0.25, -0.2) is 0 Å². The summed E-state index contributed by atoms with van der Waals surface area (Å²) in [6, 6.07) is 7.47. The van der Waals surface area contributed by atoms with E-state index in [1.54, 1.807) is 0 Å². The molecule has 0 aromatic heterocycles. The first kappa shape index (κ1) is 13.0. The quantitative estimate of drug-likeness (QED) is 0.750. The van der Waals surface area contributed by atoms with E-state index in [-0.39, 0.29) is 5.91 Å². The van der Waals surface area contributed by atoms with Crippen LogP contribution in [0.15, 0.2) is 24.3 Å². The number of halogens is 1. The van der Waals surface area contributed by atoms with Crippen molar-refractivity contribution < 1.29 is 4.79 Å². The van der Waals surface area contributed by atoms with Gasteiger partial charge in [0.05, 0.1) is 0 Å². The topological polar surface area (TPSA) is 29.1 Å². The molecule has 0 unspecified atom stereocenters. The Morgan fingerprint density at radius 2 is 2.07 bits per heavy atom. The standard InChI is InChI=1S/C9H10ClNO.C2H6/c1-7(12)11-9-4-2-3-8(5-9)6-10;1-2/h2-5H,6H2,1H3,(H,11,12);1-2H3. The molecule has 78 valence electrons. The maximum Gasteiger partial charge on any atom is 0.221 e. The molecule has 0 spiro atoms. The highest BCUT2D eigenvalue weighted by Crippen LogP contribution is 2.11. The van der Waals surface area contributed by atoms with E-state index in [9.17, 15) is 4.79 Å². The van der Waals surface area contributed by atoms with Crippen LogP contribution in [0, 0.1) is 0 Å². The number of benzene rings is 1. The van der Waals surface area contributed by atoms with Crippen molar-refractivity contribution >= 4 is 23.2 Å². The monoisotopic (exact) mass is 213 g/mol. The lowest BCUT2D eigenvalue weighted by Gasteiger charge is -2.02. The van der Waals surface area contributed by atoms with Gasteiger partial charge >= 0.3 is 0 Å². The number of amides is 1. The number of carbonyl (C=O) groups is 1. The highest BCUT2D eigenvalue weighted by Gasteiger charge is 1.95. The average Bonchev–Trinajstić information content (AvgIpc) is 2.20. The van der Waals surface area contributed by atoms with Gasteiger partial charge in [0.1, 0.15) is 0 Å². The Morgan fingerprint density at radius 3 is 2.57 bits per heavy atom.